The highest BCUT2D eigenvalue weighted by molar-refractivity contribution is 5.99. The maximum atomic E-state index is 11.3. The van der Waals surface area contributed by atoms with Crippen LogP contribution in [0, 0.1) is 5.41 Å². The summed E-state index contributed by atoms with van der Waals surface area (Å²) in [5.41, 5.74) is -0.999. The topological polar surface area (TPSA) is 63.2 Å². The fraction of sp³-hybridized carbons (Fsp3) is 0.667. The van der Waals surface area contributed by atoms with Crippen molar-refractivity contribution < 1.29 is 14.4 Å². The summed E-state index contributed by atoms with van der Waals surface area (Å²) in [7, 11) is 0. The molecule has 0 aromatic rings. The van der Waals surface area contributed by atoms with Crippen molar-refractivity contribution in [3.63, 3.8) is 0 Å². The molecule has 74 valence electrons. The largest absolute Gasteiger partial charge is 0.349 e. The molecule has 0 aliphatic rings. The average molecular weight is 185 g/mol. The fourth-order valence-electron chi connectivity index (χ4n) is 0.597. The van der Waals surface area contributed by atoms with Crippen LogP contribution in [0.15, 0.2) is 0 Å². The molecule has 0 heterocycles. The predicted molar refractivity (Wildman–Crippen MR) is 48.2 cm³/mol. The van der Waals surface area contributed by atoms with E-state index in [9.17, 15) is 14.4 Å². The van der Waals surface area contributed by atoms with Crippen molar-refractivity contribution in [2.75, 3.05) is 6.54 Å². The molecule has 0 rings (SSSR count). The molecule has 0 spiro atoms. The molecule has 1 N–H and O–H groups in total. The summed E-state index contributed by atoms with van der Waals surface area (Å²) >= 11 is 0. The molecule has 1 amide bonds. The summed E-state index contributed by atoms with van der Waals surface area (Å²) in [4.78, 5) is 32.5. The number of nitrogens with one attached hydrogen (secondary N) is 1. The van der Waals surface area contributed by atoms with Crippen LogP contribution in [-0.4, -0.2) is 24.5 Å². The molecule has 0 aromatic heterocycles. The molecule has 0 aromatic carbocycles. The SMILES string of the molecule is CCC(=O)NCC(=O)C(C)(C)C=O. The molecule has 0 aliphatic carbocycles. The van der Waals surface area contributed by atoms with Gasteiger partial charge in [-0.15, -0.1) is 0 Å². The first kappa shape index (κ1) is 11.8. The monoisotopic (exact) mass is 185 g/mol. The van der Waals surface area contributed by atoms with Gasteiger partial charge in [-0.05, 0) is 13.8 Å². The van der Waals surface area contributed by atoms with E-state index in [1.54, 1.807) is 6.92 Å². The van der Waals surface area contributed by atoms with Gasteiger partial charge in [-0.2, -0.15) is 0 Å². The van der Waals surface area contributed by atoms with Gasteiger partial charge >= 0.3 is 0 Å². The molecule has 0 saturated heterocycles. The zero-order chi connectivity index (χ0) is 10.5. The van der Waals surface area contributed by atoms with Crippen LogP contribution in [0.25, 0.3) is 0 Å². The minimum absolute atomic E-state index is 0.0710. The number of rotatable bonds is 5. The molecule has 4 heteroatoms. The molecule has 4 nitrogen and oxygen atoms in total. The highest BCUT2D eigenvalue weighted by atomic mass is 16.2. The van der Waals surface area contributed by atoms with Gasteiger partial charge in [0.2, 0.25) is 5.91 Å². The van der Waals surface area contributed by atoms with Crippen molar-refractivity contribution >= 4 is 18.0 Å². The Hall–Kier alpha value is -1.19. The van der Waals surface area contributed by atoms with Gasteiger partial charge in [0.15, 0.2) is 5.78 Å². The number of hydrogen-bond donors (Lipinski definition) is 1. The van der Waals surface area contributed by atoms with Crippen molar-refractivity contribution in [2.24, 2.45) is 5.41 Å². The molecule has 0 saturated carbocycles. The molecular weight excluding hydrogens is 170 g/mol. The van der Waals surface area contributed by atoms with E-state index in [4.69, 9.17) is 0 Å². The number of hydrogen-bond acceptors (Lipinski definition) is 3. The Morgan fingerprint density at radius 3 is 2.31 bits per heavy atom. The third-order valence-corrected chi connectivity index (χ3v) is 1.78. The first-order valence-electron chi connectivity index (χ1n) is 4.20. The third kappa shape index (κ3) is 3.83. The Labute approximate surface area is 77.7 Å². The van der Waals surface area contributed by atoms with Crippen molar-refractivity contribution in [3.8, 4) is 0 Å². The van der Waals surface area contributed by atoms with Crippen LogP contribution in [0.4, 0.5) is 0 Å². The number of carbonyl (C=O) groups is 3. The lowest BCUT2D eigenvalue weighted by Crippen LogP contribution is -2.37. The van der Waals surface area contributed by atoms with E-state index in [0.717, 1.165) is 0 Å². The summed E-state index contributed by atoms with van der Waals surface area (Å²) in [6.07, 6.45) is 0.933. The molecule has 0 fully saturated rings. The minimum atomic E-state index is -0.999. The Morgan fingerprint density at radius 1 is 1.38 bits per heavy atom. The van der Waals surface area contributed by atoms with Crippen LogP contribution in [0.3, 0.4) is 0 Å². The van der Waals surface area contributed by atoms with Crippen molar-refractivity contribution in [1.82, 2.24) is 5.32 Å². The molecule has 0 bridgehead atoms. The lowest BCUT2D eigenvalue weighted by molar-refractivity contribution is -0.133. The van der Waals surface area contributed by atoms with Crippen LogP contribution in [0.2, 0.25) is 0 Å². The second kappa shape index (κ2) is 4.74. The van der Waals surface area contributed by atoms with Gasteiger partial charge in [0, 0.05) is 6.42 Å². The van der Waals surface area contributed by atoms with Gasteiger partial charge in [-0.25, -0.2) is 0 Å². The second-order valence-electron chi connectivity index (χ2n) is 3.39. The van der Waals surface area contributed by atoms with E-state index in [-0.39, 0.29) is 18.2 Å². The number of amides is 1. The molecule has 0 atom stereocenters. The molecule has 0 radical (unpaired) electrons. The third-order valence-electron chi connectivity index (χ3n) is 1.78. The highest BCUT2D eigenvalue weighted by Gasteiger charge is 2.26. The van der Waals surface area contributed by atoms with Crippen molar-refractivity contribution in [3.05, 3.63) is 0 Å². The summed E-state index contributed by atoms with van der Waals surface area (Å²) < 4.78 is 0. The normalized spacial score (nSPS) is 10.7. The Bertz CT molecular complexity index is 221. The predicted octanol–water partition coefficient (Wildman–Crippen LogP) is 0.307. The number of carbonyl (C=O) groups excluding carboxylic acids is 3. The highest BCUT2D eigenvalue weighted by Crippen LogP contribution is 2.11. The maximum Gasteiger partial charge on any atom is 0.220 e. The van der Waals surface area contributed by atoms with E-state index in [2.05, 4.69) is 5.32 Å². The van der Waals surface area contributed by atoms with Gasteiger partial charge in [0.25, 0.3) is 0 Å². The van der Waals surface area contributed by atoms with Crippen LogP contribution < -0.4 is 5.32 Å². The minimum Gasteiger partial charge on any atom is -0.349 e. The molecule has 0 unspecified atom stereocenters. The van der Waals surface area contributed by atoms with E-state index in [1.807, 2.05) is 0 Å². The van der Waals surface area contributed by atoms with Crippen LogP contribution in [0.1, 0.15) is 27.2 Å². The summed E-state index contributed by atoms with van der Waals surface area (Å²) in [6.45, 7) is 4.68. The maximum absolute atomic E-state index is 11.3. The van der Waals surface area contributed by atoms with Crippen molar-refractivity contribution in [1.29, 1.82) is 0 Å². The van der Waals surface area contributed by atoms with Gasteiger partial charge in [0.05, 0.1) is 12.0 Å². The summed E-state index contributed by atoms with van der Waals surface area (Å²) in [5, 5.41) is 2.43. The van der Waals surface area contributed by atoms with Gasteiger partial charge in [-0.1, -0.05) is 6.92 Å². The number of aldehydes is 1. The lowest BCUT2D eigenvalue weighted by Gasteiger charge is -2.14. The second-order valence-corrected chi connectivity index (χ2v) is 3.39. The van der Waals surface area contributed by atoms with Crippen LogP contribution in [-0.2, 0) is 14.4 Å². The van der Waals surface area contributed by atoms with Gasteiger partial charge in [0.1, 0.15) is 6.29 Å². The van der Waals surface area contributed by atoms with Crippen molar-refractivity contribution in [2.45, 2.75) is 27.2 Å². The van der Waals surface area contributed by atoms with E-state index < -0.39 is 5.41 Å². The zero-order valence-electron chi connectivity index (χ0n) is 8.22. The first-order chi connectivity index (χ1) is 5.94. The fourth-order valence-corrected chi connectivity index (χ4v) is 0.597. The molecule has 13 heavy (non-hydrogen) atoms. The zero-order valence-corrected chi connectivity index (χ0v) is 8.22. The lowest BCUT2D eigenvalue weighted by atomic mass is 9.90. The van der Waals surface area contributed by atoms with Crippen LogP contribution in [0.5, 0.6) is 0 Å². The summed E-state index contributed by atoms with van der Waals surface area (Å²) in [6, 6.07) is 0. The van der Waals surface area contributed by atoms with E-state index >= 15 is 0 Å². The van der Waals surface area contributed by atoms with Gasteiger partial charge < -0.3 is 10.1 Å². The van der Waals surface area contributed by atoms with E-state index in [1.165, 1.54) is 13.8 Å². The summed E-state index contributed by atoms with van der Waals surface area (Å²) in [5.74, 6) is -0.459. The van der Waals surface area contributed by atoms with E-state index in [0.29, 0.717) is 12.7 Å². The number of Topliss-reactive ketones (excluding diaryl/α,β-unsaturated/α-hetero) is 1. The quantitative estimate of drug-likeness (QED) is 0.495. The molecular formula is C9H15NO3. The standard InChI is InChI=1S/C9H15NO3/c1-4-8(13)10-5-7(12)9(2,3)6-11/h6H,4-5H2,1-3H3,(H,10,13). The molecule has 0 aliphatic heterocycles. The smallest absolute Gasteiger partial charge is 0.220 e. The van der Waals surface area contributed by atoms with Crippen LogP contribution >= 0.6 is 0 Å². The Kier molecular flexibility index (Phi) is 4.31. The Morgan fingerprint density at radius 2 is 1.92 bits per heavy atom. The van der Waals surface area contributed by atoms with Gasteiger partial charge in [-0.3, -0.25) is 9.59 Å². The number of ketones is 1. The average Bonchev–Trinajstić information content (AvgIpc) is 2.13. The Balaban J connectivity index is 4.02. The first-order valence-corrected chi connectivity index (χ1v) is 4.20.